The zero-order valence-electron chi connectivity index (χ0n) is 16.3. The number of phenolic OH excluding ortho intramolecular Hbond substituents is 1. The molecule has 0 radical (unpaired) electrons. The number of hydrogen-bond donors (Lipinski definition) is 2. The number of nitrogens with zero attached hydrogens (tertiary/aromatic N) is 2. The van der Waals surface area contributed by atoms with Crippen LogP contribution in [0.15, 0.2) is 82.6 Å². The molecule has 0 aliphatic carbocycles. The van der Waals surface area contributed by atoms with Gasteiger partial charge in [0.05, 0.1) is 17.9 Å². The fourth-order valence-corrected chi connectivity index (χ4v) is 3.29. The van der Waals surface area contributed by atoms with Gasteiger partial charge in [-0.05, 0) is 49.4 Å². The van der Waals surface area contributed by atoms with Crippen LogP contribution in [0, 0.1) is 0 Å². The smallest absolute Gasteiger partial charge is 0.265 e. The second-order valence-electron chi connectivity index (χ2n) is 6.60. The van der Waals surface area contributed by atoms with Crippen LogP contribution in [0.5, 0.6) is 17.4 Å². The Morgan fingerprint density at radius 1 is 0.933 bits per heavy atom. The Balaban J connectivity index is 1.92. The molecule has 0 saturated carbocycles. The first kappa shape index (κ1) is 19.3. The third kappa shape index (κ3) is 3.51. The van der Waals surface area contributed by atoms with E-state index in [1.165, 1.54) is 16.8 Å². The van der Waals surface area contributed by atoms with Gasteiger partial charge in [-0.15, -0.1) is 0 Å². The number of para-hydroxylation sites is 2. The molecule has 0 atom stereocenters. The molecule has 1 heterocycles. The van der Waals surface area contributed by atoms with Crippen LogP contribution >= 0.6 is 0 Å². The number of fused-ring (bicyclic) bond motifs is 1. The first-order valence-corrected chi connectivity index (χ1v) is 9.52. The molecule has 3 aromatic carbocycles. The average Bonchev–Trinajstić information content (AvgIpc) is 2.76. The molecule has 30 heavy (non-hydrogen) atoms. The fraction of sp³-hybridized carbons (Fsp3) is 0.0833. The number of hydrogen-bond acceptors (Lipinski definition) is 5. The quantitative estimate of drug-likeness (QED) is 0.481. The van der Waals surface area contributed by atoms with E-state index in [1.807, 2.05) is 6.92 Å². The van der Waals surface area contributed by atoms with Crippen molar-refractivity contribution in [1.82, 2.24) is 4.57 Å². The molecule has 0 aliphatic heterocycles. The third-order valence-corrected chi connectivity index (χ3v) is 4.72. The van der Waals surface area contributed by atoms with Crippen LogP contribution < -0.4 is 10.3 Å². The summed E-state index contributed by atoms with van der Waals surface area (Å²) in [4.78, 5) is 17.4. The van der Waals surface area contributed by atoms with Gasteiger partial charge < -0.3 is 14.9 Å². The Kier molecular flexibility index (Phi) is 5.22. The lowest BCUT2D eigenvalue weighted by molar-refractivity contribution is 0.340. The summed E-state index contributed by atoms with van der Waals surface area (Å²) in [5.74, 6) is 0.468. The Morgan fingerprint density at radius 2 is 1.60 bits per heavy atom. The Labute approximate surface area is 173 Å². The summed E-state index contributed by atoms with van der Waals surface area (Å²) in [6.45, 7) is 2.43. The number of ether oxygens (including phenoxy) is 1. The molecule has 0 fully saturated rings. The molecule has 6 nitrogen and oxygen atoms in total. The second-order valence-corrected chi connectivity index (χ2v) is 6.60. The van der Waals surface area contributed by atoms with Gasteiger partial charge in [0.25, 0.3) is 5.56 Å². The Hall–Kier alpha value is -4.06. The minimum atomic E-state index is -0.341. The van der Waals surface area contributed by atoms with Gasteiger partial charge in [0.2, 0.25) is 5.88 Å². The van der Waals surface area contributed by atoms with Crippen LogP contribution in [0.25, 0.3) is 16.5 Å². The van der Waals surface area contributed by atoms with E-state index in [0.717, 1.165) is 0 Å². The van der Waals surface area contributed by atoms with Crippen LogP contribution in [-0.4, -0.2) is 27.6 Å². The van der Waals surface area contributed by atoms with Crippen LogP contribution in [0.2, 0.25) is 0 Å². The molecule has 0 amide bonds. The Morgan fingerprint density at radius 3 is 2.30 bits per heavy atom. The summed E-state index contributed by atoms with van der Waals surface area (Å²) in [5, 5.41) is 22.0. The maximum atomic E-state index is 13.1. The van der Waals surface area contributed by atoms with E-state index < -0.39 is 0 Å². The van der Waals surface area contributed by atoms with Gasteiger partial charge in [0.15, 0.2) is 0 Å². The topological polar surface area (TPSA) is 84.1 Å². The number of aromatic nitrogens is 1. The van der Waals surface area contributed by atoms with Gasteiger partial charge in [-0.2, -0.15) is 0 Å². The van der Waals surface area contributed by atoms with Crippen LogP contribution in [0.3, 0.4) is 0 Å². The fourth-order valence-electron chi connectivity index (χ4n) is 3.29. The van der Waals surface area contributed by atoms with Crippen molar-refractivity contribution >= 4 is 22.7 Å². The summed E-state index contributed by atoms with van der Waals surface area (Å²) in [5.41, 5.74) is 0.901. The SMILES string of the molecule is CCOc1ccc(-n2c(O)c(C=Nc3ccccc3O)c3ccccc3c2=O)cc1. The second kappa shape index (κ2) is 8.13. The summed E-state index contributed by atoms with van der Waals surface area (Å²) in [6.07, 6.45) is 1.46. The number of pyridine rings is 1. The molecule has 6 heteroatoms. The van der Waals surface area contributed by atoms with Crippen molar-refractivity contribution in [1.29, 1.82) is 0 Å². The summed E-state index contributed by atoms with van der Waals surface area (Å²) >= 11 is 0. The van der Waals surface area contributed by atoms with Gasteiger partial charge in [0.1, 0.15) is 17.2 Å². The van der Waals surface area contributed by atoms with Crippen molar-refractivity contribution in [2.24, 2.45) is 4.99 Å². The zero-order valence-corrected chi connectivity index (χ0v) is 16.3. The van der Waals surface area contributed by atoms with Crippen molar-refractivity contribution in [2.45, 2.75) is 6.92 Å². The largest absolute Gasteiger partial charge is 0.506 e. The maximum absolute atomic E-state index is 13.1. The van der Waals surface area contributed by atoms with E-state index >= 15 is 0 Å². The number of aromatic hydroxyl groups is 2. The lowest BCUT2D eigenvalue weighted by Gasteiger charge is -2.14. The number of rotatable bonds is 5. The molecule has 0 saturated heterocycles. The molecule has 4 aromatic rings. The molecule has 0 aliphatic rings. The van der Waals surface area contributed by atoms with Gasteiger partial charge >= 0.3 is 0 Å². The van der Waals surface area contributed by atoms with E-state index in [9.17, 15) is 15.0 Å². The van der Waals surface area contributed by atoms with E-state index in [1.54, 1.807) is 66.7 Å². The lowest BCUT2D eigenvalue weighted by Crippen LogP contribution is -2.20. The highest BCUT2D eigenvalue weighted by Gasteiger charge is 2.16. The van der Waals surface area contributed by atoms with Crippen LogP contribution in [-0.2, 0) is 0 Å². The average molecular weight is 400 g/mol. The highest BCUT2D eigenvalue weighted by atomic mass is 16.5. The number of aliphatic imine (C=N–C) groups is 1. The maximum Gasteiger partial charge on any atom is 0.265 e. The zero-order chi connectivity index (χ0) is 21.1. The number of benzene rings is 3. The highest BCUT2D eigenvalue weighted by molar-refractivity contribution is 6.02. The van der Waals surface area contributed by atoms with Gasteiger partial charge in [-0.25, -0.2) is 4.57 Å². The standard InChI is InChI=1S/C24H20N2O4/c1-2-30-17-13-11-16(12-14-17)26-23(28)19-8-4-3-7-18(19)20(24(26)29)15-25-21-9-5-6-10-22(21)27/h3-15,27,29H,2H2,1H3. The van der Waals surface area contributed by atoms with E-state index in [-0.39, 0.29) is 17.2 Å². The van der Waals surface area contributed by atoms with Crippen molar-refractivity contribution < 1.29 is 14.9 Å². The van der Waals surface area contributed by atoms with Gasteiger partial charge in [0, 0.05) is 17.0 Å². The summed E-state index contributed by atoms with van der Waals surface area (Å²) < 4.78 is 6.70. The molecular formula is C24H20N2O4. The monoisotopic (exact) mass is 400 g/mol. The van der Waals surface area contributed by atoms with Gasteiger partial charge in [-0.1, -0.05) is 30.3 Å². The molecular weight excluding hydrogens is 380 g/mol. The molecule has 150 valence electrons. The lowest BCUT2D eigenvalue weighted by atomic mass is 10.1. The molecule has 0 bridgehead atoms. The van der Waals surface area contributed by atoms with Crippen molar-refractivity contribution in [2.75, 3.05) is 6.61 Å². The van der Waals surface area contributed by atoms with E-state index in [4.69, 9.17) is 4.74 Å². The molecule has 1 aromatic heterocycles. The molecule has 2 N–H and O–H groups in total. The first-order valence-electron chi connectivity index (χ1n) is 9.52. The van der Waals surface area contributed by atoms with Crippen LogP contribution in [0.1, 0.15) is 12.5 Å². The molecule has 0 unspecified atom stereocenters. The van der Waals surface area contributed by atoms with Crippen molar-refractivity contribution in [3.8, 4) is 23.1 Å². The van der Waals surface area contributed by atoms with Crippen molar-refractivity contribution in [3.63, 3.8) is 0 Å². The van der Waals surface area contributed by atoms with E-state index in [2.05, 4.69) is 4.99 Å². The summed E-state index contributed by atoms with van der Waals surface area (Å²) in [7, 11) is 0. The summed E-state index contributed by atoms with van der Waals surface area (Å²) in [6, 6.07) is 20.6. The minimum absolute atomic E-state index is 0.0254. The molecule has 4 rings (SSSR count). The van der Waals surface area contributed by atoms with Crippen molar-refractivity contribution in [3.05, 3.63) is 88.7 Å². The minimum Gasteiger partial charge on any atom is -0.506 e. The van der Waals surface area contributed by atoms with Crippen LogP contribution in [0.4, 0.5) is 5.69 Å². The van der Waals surface area contributed by atoms with E-state index in [0.29, 0.717) is 40.1 Å². The Bertz CT molecular complexity index is 1290. The molecule has 0 spiro atoms. The van der Waals surface area contributed by atoms with Gasteiger partial charge in [-0.3, -0.25) is 9.79 Å². The predicted octanol–water partition coefficient (Wildman–Crippen LogP) is 4.55. The third-order valence-electron chi connectivity index (χ3n) is 4.72. The number of phenols is 1. The highest BCUT2D eigenvalue weighted by Crippen LogP contribution is 2.29. The predicted molar refractivity (Wildman–Crippen MR) is 118 cm³/mol. The first-order chi connectivity index (χ1) is 14.6. The normalized spacial score (nSPS) is 11.2.